The van der Waals surface area contributed by atoms with E-state index >= 15 is 0 Å². The average molecular weight is 445 g/mol. The minimum absolute atomic E-state index is 0.0625. The van der Waals surface area contributed by atoms with Crippen molar-refractivity contribution in [3.63, 3.8) is 0 Å². The second-order valence-electron chi connectivity index (χ2n) is 7.91. The topological polar surface area (TPSA) is 138 Å². The van der Waals surface area contributed by atoms with Gasteiger partial charge in [0.1, 0.15) is 5.82 Å². The van der Waals surface area contributed by atoms with Gasteiger partial charge in [-0.1, -0.05) is 31.2 Å². The SMILES string of the molecule is CC[C@]1(Nc2nc(Nc3ccc4c(c3)CCNC4=O)ncc2-c2nnco2)C=CC=CC1O. The Labute approximate surface area is 189 Å². The monoisotopic (exact) mass is 445 g/mol. The molecule has 3 aromatic rings. The molecular weight excluding hydrogens is 422 g/mol. The van der Waals surface area contributed by atoms with Crippen LogP contribution >= 0.6 is 0 Å². The van der Waals surface area contributed by atoms with Crippen molar-refractivity contribution >= 4 is 23.4 Å². The number of hydrogen-bond donors (Lipinski definition) is 4. The van der Waals surface area contributed by atoms with Crippen LogP contribution in [-0.2, 0) is 6.42 Å². The van der Waals surface area contributed by atoms with Crippen molar-refractivity contribution in [2.75, 3.05) is 17.2 Å². The number of aliphatic hydroxyl groups excluding tert-OH is 1. The quantitative estimate of drug-likeness (QED) is 0.451. The van der Waals surface area contributed by atoms with E-state index in [0.29, 0.717) is 35.9 Å². The number of nitrogens with zero attached hydrogens (tertiary/aromatic N) is 4. The summed E-state index contributed by atoms with van der Waals surface area (Å²) < 4.78 is 5.38. The molecule has 10 heteroatoms. The van der Waals surface area contributed by atoms with Crippen LogP contribution in [0.25, 0.3) is 11.5 Å². The van der Waals surface area contributed by atoms with Gasteiger partial charge in [0, 0.05) is 24.0 Å². The third kappa shape index (κ3) is 3.96. The number of hydrogen-bond acceptors (Lipinski definition) is 9. The summed E-state index contributed by atoms with van der Waals surface area (Å²) >= 11 is 0. The zero-order valence-corrected chi connectivity index (χ0v) is 17.9. The van der Waals surface area contributed by atoms with Crippen molar-refractivity contribution in [1.82, 2.24) is 25.5 Å². The van der Waals surface area contributed by atoms with Gasteiger partial charge in [0.2, 0.25) is 12.3 Å². The van der Waals surface area contributed by atoms with Gasteiger partial charge in [-0.3, -0.25) is 4.79 Å². The van der Waals surface area contributed by atoms with Crippen LogP contribution in [0.2, 0.25) is 0 Å². The molecule has 33 heavy (non-hydrogen) atoms. The minimum Gasteiger partial charge on any atom is -0.423 e. The number of nitrogens with one attached hydrogen (secondary N) is 3. The van der Waals surface area contributed by atoms with Crippen LogP contribution in [0, 0.1) is 0 Å². The Morgan fingerprint density at radius 2 is 2.21 bits per heavy atom. The summed E-state index contributed by atoms with van der Waals surface area (Å²) in [6.45, 7) is 2.60. The highest BCUT2D eigenvalue weighted by atomic mass is 16.4. The van der Waals surface area contributed by atoms with E-state index in [-0.39, 0.29) is 11.8 Å². The maximum Gasteiger partial charge on any atom is 0.252 e. The van der Waals surface area contributed by atoms with Gasteiger partial charge in [0.25, 0.3) is 11.8 Å². The molecule has 1 amide bonds. The fourth-order valence-electron chi connectivity index (χ4n) is 4.04. The average Bonchev–Trinajstić information content (AvgIpc) is 3.36. The molecule has 168 valence electrons. The van der Waals surface area contributed by atoms with E-state index in [2.05, 4.69) is 36.1 Å². The molecule has 1 unspecified atom stereocenters. The van der Waals surface area contributed by atoms with Crippen molar-refractivity contribution in [3.05, 3.63) is 66.2 Å². The number of fused-ring (bicyclic) bond motifs is 1. The highest BCUT2D eigenvalue weighted by molar-refractivity contribution is 5.97. The van der Waals surface area contributed by atoms with Crippen LogP contribution in [0.3, 0.4) is 0 Å². The summed E-state index contributed by atoms with van der Waals surface area (Å²) in [5.41, 5.74) is 2.18. The lowest BCUT2D eigenvalue weighted by atomic mass is 9.85. The van der Waals surface area contributed by atoms with Crippen molar-refractivity contribution in [2.24, 2.45) is 0 Å². The van der Waals surface area contributed by atoms with E-state index in [9.17, 15) is 9.90 Å². The number of amides is 1. The fourth-order valence-corrected chi connectivity index (χ4v) is 4.04. The van der Waals surface area contributed by atoms with E-state index in [1.807, 2.05) is 37.3 Å². The van der Waals surface area contributed by atoms with E-state index in [1.54, 1.807) is 18.3 Å². The number of allylic oxidation sites excluding steroid dienone is 2. The number of aromatic nitrogens is 4. The van der Waals surface area contributed by atoms with Gasteiger partial charge in [0.05, 0.1) is 17.2 Å². The van der Waals surface area contributed by atoms with Gasteiger partial charge in [-0.05, 0) is 36.6 Å². The lowest BCUT2D eigenvalue weighted by molar-refractivity contribution is 0.0946. The predicted molar refractivity (Wildman–Crippen MR) is 122 cm³/mol. The molecular formula is C23H23N7O3. The molecule has 3 heterocycles. The van der Waals surface area contributed by atoms with E-state index in [1.165, 1.54) is 6.39 Å². The van der Waals surface area contributed by atoms with Gasteiger partial charge < -0.3 is 25.5 Å². The molecule has 2 atom stereocenters. The van der Waals surface area contributed by atoms with Crippen LogP contribution in [0.4, 0.5) is 17.5 Å². The first-order chi connectivity index (χ1) is 16.1. The summed E-state index contributed by atoms with van der Waals surface area (Å²) in [6, 6.07) is 5.54. The number of rotatable bonds is 6. The molecule has 4 N–H and O–H groups in total. The molecule has 1 aliphatic heterocycles. The van der Waals surface area contributed by atoms with Crippen molar-refractivity contribution in [3.8, 4) is 11.5 Å². The minimum atomic E-state index is -0.756. The van der Waals surface area contributed by atoms with Gasteiger partial charge in [-0.2, -0.15) is 4.98 Å². The molecule has 0 spiro atoms. The third-order valence-corrected chi connectivity index (χ3v) is 5.93. The Hall–Kier alpha value is -4.05. The molecule has 1 aromatic carbocycles. The zero-order valence-electron chi connectivity index (χ0n) is 17.9. The summed E-state index contributed by atoms with van der Waals surface area (Å²) in [4.78, 5) is 21.1. The first kappa shape index (κ1) is 20.8. The first-order valence-corrected chi connectivity index (χ1v) is 10.7. The number of anilines is 3. The standard InChI is InChI=1S/C23H23N7O3/c1-2-23(9-4-3-5-18(23)31)29-19-17(21-30-26-13-33-21)12-25-22(28-19)27-15-6-7-16-14(11-15)8-10-24-20(16)32/h3-7,9,11-13,18,31H,2,8,10H2,1H3,(H,24,32)(H2,25,27,28,29)/t18?,23-/m0/s1. The van der Waals surface area contributed by atoms with Crippen LogP contribution in [0.5, 0.6) is 0 Å². The van der Waals surface area contributed by atoms with E-state index in [0.717, 1.165) is 17.7 Å². The summed E-state index contributed by atoms with van der Waals surface area (Å²) in [7, 11) is 0. The highest BCUT2D eigenvalue weighted by Gasteiger charge is 2.35. The van der Waals surface area contributed by atoms with Crippen LogP contribution in [-0.4, -0.2) is 49.4 Å². The number of benzene rings is 1. The maximum absolute atomic E-state index is 12.0. The molecule has 0 fully saturated rings. The van der Waals surface area contributed by atoms with E-state index in [4.69, 9.17) is 4.42 Å². The van der Waals surface area contributed by atoms with Crippen LogP contribution in [0.15, 0.2) is 59.5 Å². The maximum atomic E-state index is 12.0. The normalized spacial score (nSPS) is 21.4. The number of aliphatic hydroxyl groups is 1. The molecule has 0 saturated heterocycles. The van der Waals surface area contributed by atoms with Crippen LogP contribution < -0.4 is 16.0 Å². The molecule has 2 aromatic heterocycles. The molecule has 10 nitrogen and oxygen atoms in total. The Balaban J connectivity index is 1.49. The van der Waals surface area contributed by atoms with Gasteiger partial charge in [-0.25, -0.2) is 4.98 Å². The predicted octanol–water partition coefficient (Wildman–Crippen LogP) is 2.60. The summed E-state index contributed by atoms with van der Waals surface area (Å²) in [5, 5.41) is 27.9. The highest BCUT2D eigenvalue weighted by Crippen LogP contribution is 2.33. The molecule has 5 rings (SSSR count). The molecule has 2 aliphatic rings. The molecule has 0 radical (unpaired) electrons. The van der Waals surface area contributed by atoms with Gasteiger partial charge in [0.15, 0.2) is 0 Å². The lowest BCUT2D eigenvalue weighted by Crippen LogP contribution is -2.47. The van der Waals surface area contributed by atoms with Crippen molar-refractivity contribution in [1.29, 1.82) is 0 Å². The second-order valence-corrected chi connectivity index (χ2v) is 7.91. The third-order valence-electron chi connectivity index (χ3n) is 5.93. The Kier molecular flexibility index (Phi) is 5.35. The Morgan fingerprint density at radius 3 is 3.00 bits per heavy atom. The first-order valence-electron chi connectivity index (χ1n) is 10.7. The van der Waals surface area contributed by atoms with Crippen molar-refractivity contribution in [2.45, 2.75) is 31.4 Å². The number of carbonyl (C=O) groups excluding carboxylic acids is 1. The molecule has 0 bridgehead atoms. The zero-order chi connectivity index (χ0) is 22.8. The van der Waals surface area contributed by atoms with Gasteiger partial charge in [-0.15, -0.1) is 10.2 Å². The fraction of sp³-hybridized carbons (Fsp3) is 0.261. The van der Waals surface area contributed by atoms with Crippen LogP contribution in [0.1, 0.15) is 29.3 Å². The van der Waals surface area contributed by atoms with Gasteiger partial charge >= 0.3 is 0 Å². The second kappa shape index (κ2) is 8.47. The Bertz CT molecular complexity index is 1240. The largest absolute Gasteiger partial charge is 0.423 e. The van der Waals surface area contributed by atoms with E-state index < -0.39 is 11.6 Å². The van der Waals surface area contributed by atoms with Crippen molar-refractivity contribution < 1.29 is 14.3 Å². The number of carbonyl (C=O) groups is 1. The Morgan fingerprint density at radius 1 is 1.30 bits per heavy atom. The summed E-state index contributed by atoms with van der Waals surface area (Å²) in [6.07, 6.45) is 10.8. The molecule has 1 aliphatic carbocycles. The molecule has 0 saturated carbocycles. The lowest BCUT2D eigenvalue weighted by Gasteiger charge is -2.36. The smallest absolute Gasteiger partial charge is 0.252 e. The summed E-state index contributed by atoms with van der Waals surface area (Å²) in [5.74, 6) is 0.986.